The first kappa shape index (κ1) is 15.2. The lowest BCUT2D eigenvalue weighted by atomic mass is 10.1. The van der Waals surface area contributed by atoms with E-state index in [1.54, 1.807) is 29.8 Å². The van der Waals surface area contributed by atoms with Gasteiger partial charge in [-0.15, -0.1) is 11.3 Å². The van der Waals surface area contributed by atoms with Crippen LogP contribution in [0.2, 0.25) is 0 Å². The van der Waals surface area contributed by atoms with Gasteiger partial charge in [0.05, 0.1) is 11.2 Å². The Morgan fingerprint density at radius 2 is 2.24 bits per heavy atom. The van der Waals surface area contributed by atoms with E-state index in [2.05, 4.69) is 10.3 Å². The van der Waals surface area contributed by atoms with Crippen LogP contribution in [0, 0.1) is 0 Å². The van der Waals surface area contributed by atoms with Crippen LogP contribution in [0.25, 0.3) is 0 Å². The molecule has 0 aliphatic heterocycles. The Hall–Kier alpha value is -2.21. The standard InChI is InChI=1S/C15H16N2O3S/c1-11(18)12-3-2-4-14(7-12)20-8-15(19)16-6-5-13-9-21-10-17-13/h2-4,7,9-10H,5-6,8H2,1H3,(H,16,19). The first-order chi connectivity index (χ1) is 10.1. The van der Waals surface area contributed by atoms with Gasteiger partial charge in [-0.25, -0.2) is 4.98 Å². The average Bonchev–Trinajstić information content (AvgIpc) is 2.99. The van der Waals surface area contributed by atoms with Crippen molar-refractivity contribution < 1.29 is 14.3 Å². The first-order valence-electron chi connectivity index (χ1n) is 6.52. The Kier molecular flexibility index (Phi) is 5.45. The summed E-state index contributed by atoms with van der Waals surface area (Å²) in [6.45, 7) is 1.95. The lowest BCUT2D eigenvalue weighted by molar-refractivity contribution is -0.123. The van der Waals surface area contributed by atoms with Gasteiger partial charge < -0.3 is 10.1 Å². The van der Waals surface area contributed by atoms with Crippen LogP contribution in [0.3, 0.4) is 0 Å². The number of carbonyl (C=O) groups is 2. The third-order valence-corrected chi connectivity index (χ3v) is 3.43. The number of ether oxygens (including phenoxy) is 1. The third kappa shape index (κ3) is 5.00. The summed E-state index contributed by atoms with van der Waals surface area (Å²) in [5.41, 5.74) is 3.30. The van der Waals surface area contributed by atoms with Crippen molar-refractivity contribution in [2.75, 3.05) is 13.2 Å². The lowest BCUT2D eigenvalue weighted by Gasteiger charge is -2.07. The molecule has 0 atom stereocenters. The molecule has 0 aliphatic rings. The summed E-state index contributed by atoms with van der Waals surface area (Å²) < 4.78 is 5.37. The normalized spacial score (nSPS) is 10.1. The van der Waals surface area contributed by atoms with Gasteiger partial charge in [-0.3, -0.25) is 9.59 Å². The highest BCUT2D eigenvalue weighted by Crippen LogP contribution is 2.13. The summed E-state index contributed by atoms with van der Waals surface area (Å²) in [5.74, 6) is 0.281. The second-order valence-electron chi connectivity index (χ2n) is 4.45. The molecule has 0 saturated carbocycles. The van der Waals surface area contributed by atoms with Crippen molar-refractivity contribution in [1.82, 2.24) is 10.3 Å². The Morgan fingerprint density at radius 1 is 1.38 bits per heavy atom. The largest absolute Gasteiger partial charge is 0.484 e. The van der Waals surface area contributed by atoms with Gasteiger partial charge >= 0.3 is 0 Å². The quantitative estimate of drug-likeness (QED) is 0.795. The van der Waals surface area contributed by atoms with Crippen LogP contribution in [0.15, 0.2) is 35.2 Å². The molecule has 0 bridgehead atoms. The molecular weight excluding hydrogens is 288 g/mol. The van der Waals surface area contributed by atoms with E-state index in [4.69, 9.17) is 4.74 Å². The van der Waals surface area contributed by atoms with E-state index in [0.29, 0.717) is 24.3 Å². The second-order valence-corrected chi connectivity index (χ2v) is 5.17. The number of hydrogen-bond acceptors (Lipinski definition) is 5. The number of nitrogens with one attached hydrogen (secondary N) is 1. The fourth-order valence-electron chi connectivity index (χ4n) is 1.70. The number of carbonyl (C=O) groups excluding carboxylic acids is 2. The number of amides is 1. The molecular formula is C15H16N2O3S. The molecule has 0 fully saturated rings. The summed E-state index contributed by atoms with van der Waals surface area (Å²) in [7, 11) is 0. The average molecular weight is 304 g/mol. The monoisotopic (exact) mass is 304 g/mol. The Bertz CT molecular complexity index is 611. The predicted molar refractivity (Wildman–Crippen MR) is 80.8 cm³/mol. The summed E-state index contributed by atoms with van der Waals surface area (Å²) in [5, 5.41) is 4.72. The summed E-state index contributed by atoms with van der Waals surface area (Å²) >= 11 is 1.53. The molecule has 0 spiro atoms. The minimum absolute atomic E-state index is 0.0341. The van der Waals surface area contributed by atoms with Crippen molar-refractivity contribution in [2.45, 2.75) is 13.3 Å². The molecule has 1 N–H and O–H groups in total. The lowest BCUT2D eigenvalue weighted by Crippen LogP contribution is -2.30. The number of Topliss-reactive ketones (excluding diaryl/α,β-unsaturated/α-hetero) is 1. The highest BCUT2D eigenvalue weighted by atomic mass is 32.1. The predicted octanol–water partition coefficient (Wildman–Crippen LogP) is 2.08. The summed E-state index contributed by atoms with van der Waals surface area (Å²) in [6.07, 6.45) is 0.703. The van der Waals surface area contributed by atoms with Gasteiger partial charge in [0, 0.05) is 23.9 Å². The van der Waals surface area contributed by atoms with E-state index >= 15 is 0 Å². The molecule has 6 heteroatoms. The number of ketones is 1. The van der Waals surface area contributed by atoms with E-state index in [0.717, 1.165) is 5.69 Å². The number of rotatable bonds is 7. The van der Waals surface area contributed by atoms with Crippen LogP contribution in [0.4, 0.5) is 0 Å². The van der Waals surface area contributed by atoms with Gasteiger partial charge in [0.1, 0.15) is 5.75 Å². The summed E-state index contributed by atoms with van der Waals surface area (Å²) in [6, 6.07) is 6.79. The molecule has 1 heterocycles. The fraction of sp³-hybridized carbons (Fsp3) is 0.267. The zero-order valence-corrected chi connectivity index (χ0v) is 12.5. The molecule has 1 amide bonds. The van der Waals surface area contributed by atoms with Crippen molar-refractivity contribution >= 4 is 23.0 Å². The number of benzene rings is 1. The fourth-order valence-corrected chi connectivity index (χ4v) is 2.29. The Balaban J connectivity index is 1.73. The van der Waals surface area contributed by atoms with Crippen LogP contribution in [-0.2, 0) is 11.2 Å². The topological polar surface area (TPSA) is 68.3 Å². The Labute approximate surface area is 127 Å². The molecule has 1 aromatic heterocycles. The van der Waals surface area contributed by atoms with Crippen molar-refractivity contribution in [3.63, 3.8) is 0 Å². The van der Waals surface area contributed by atoms with Crippen LogP contribution < -0.4 is 10.1 Å². The van der Waals surface area contributed by atoms with Crippen molar-refractivity contribution in [1.29, 1.82) is 0 Å². The van der Waals surface area contributed by atoms with E-state index < -0.39 is 0 Å². The maximum Gasteiger partial charge on any atom is 0.257 e. The van der Waals surface area contributed by atoms with Gasteiger partial charge in [-0.1, -0.05) is 12.1 Å². The van der Waals surface area contributed by atoms with Crippen LogP contribution in [-0.4, -0.2) is 29.8 Å². The molecule has 5 nitrogen and oxygen atoms in total. The van der Waals surface area contributed by atoms with Crippen molar-refractivity contribution in [3.8, 4) is 5.75 Å². The van der Waals surface area contributed by atoms with Crippen molar-refractivity contribution in [2.24, 2.45) is 0 Å². The zero-order valence-electron chi connectivity index (χ0n) is 11.7. The van der Waals surface area contributed by atoms with E-state index in [1.807, 2.05) is 5.38 Å². The number of thiazole rings is 1. The SMILES string of the molecule is CC(=O)c1cccc(OCC(=O)NCCc2cscn2)c1. The highest BCUT2D eigenvalue weighted by molar-refractivity contribution is 7.07. The molecule has 0 radical (unpaired) electrons. The summed E-state index contributed by atoms with van der Waals surface area (Å²) in [4.78, 5) is 27.0. The van der Waals surface area contributed by atoms with Crippen LogP contribution in [0.5, 0.6) is 5.75 Å². The molecule has 2 rings (SSSR count). The first-order valence-corrected chi connectivity index (χ1v) is 7.47. The molecule has 0 unspecified atom stereocenters. The van der Waals surface area contributed by atoms with Crippen LogP contribution in [0.1, 0.15) is 23.0 Å². The number of nitrogens with zero attached hydrogens (tertiary/aromatic N) is 1. The van der Waals surface area contributed by atoms with Crippen molar-refractivity contribution in [3.05, 3.63) is 46.4 Å². The molecule has 0 saturated heterocycles. The van der Waals surface area contributed by atoms with E-state index in [1.165, 1.54) is 18.3 Å². The van der Waals surface area contributed by atoms with Crippen LogP contribution >= 0.6 is 11.3 Å². The van der Waals surface area contributed by atoms with Gasteiger partial charge in [-0.05, 0) is 19.1 Å². The minimum atomic E-state index is -0.196. The van der Waals surface area contributed by atoms with E-state index in [9.17, 15) is 9.59 Å². The van der Waals surface area contributed by atoms with Gasteiger partial charge in [0.15, 0.2) is 12.4 Å². The minimum Gasteiger partial charge on any atom is -0.484 e. The second kappa shape index (κ2) is 7.54. The molecule has 0 aliphatic carbocycles. The molecule has 110 valence electrons. The molecule has 1 aromatic carbocycles. The maximum absolute atomic E-state index is 11.6. The van der Waals surface area contributed by atoms with E-state index in [-0.39, 0.29) is 18.3 Å². The number of aromatic nitrogens is 1. The molecule has 21 heavy (non-hydrogen) atoms. The van der Waals surface area contributed by atoms with Gasteiger partial charge in [0.25, 0.3) is 5.91 Å². The molecule has 2 aromatic rings. The van der Waals surface area contributed by atoms with Gasteiger partial charge in [-0.2, -0.15) is 0 Å². The Morgan fingerprint density at radius 3 is 2.95 bits per heavy atom. The van der Waals surface area contributed by atoms with Gasteiger partial charge in [0.2, 0.25) is 0 Å². The smallest absolute Gasteiger partial charge is 0.257 e. The number of hydrogen-bond donors (Lipinski definition) is 1. The zero-order chi connectivity index (χ0) is 15.1. The highest BCUT2D eigenvalue weighted by Gasteiger charge is 2.05. The maximum atomic E-state index is 11.6. The third-order valence-electron chi connectivity index (χ3n) is 2.80.